The molecule has 40 heavy (non-hydrogen) atoms. The number of nitro groups is 1. The Balaban J connectivity index is 1.69. The number of benzene rings is 3. The minimum Gasteiger partial charge on any atom is -0.378 e. The van der Waals surface area contributed by atoms with Crippen LogP contribution in [-0.4, -0.2) is 43.1 Å². The van der Waals surface area contributed by atoms with Gasteiger partial charge in [0.1, 0.15) is 17.8 Å². The first-order valence-corrected chi connectivity index (χ1v) is 12.1. The fourth-order valence-corrected chi connectivity index (χ4v) is 4.34. The molecular weight excluding hydrogens is 508 g/mol. The highest BCUT2D eigenvalue weighted by Gasteiger charge is 2.31. The first-order chi connectivity index (χ1) is 19.2. The Morgan fingerprint density at radius 2 is 1.48 bits per heavy atom. The third kappa shape index (κ3) is 4.61. The van der Waals surface area contributed by atoms with Crippen LogP contribution in [0.25, 0.3) is 0 Å². The maximum absolute atomic E-state index is 12.1. The van der Waals surface area contributed by atoms with Crippen molar-refractivity contribution in [1.29, 1.82) is 10.5 Å². The number of rotatable bonds is 6. The average Bonchev–Trinajstić information content (AvgIpc) is 2.95. The SMILES string of the molecule is CN(C)c1ccc(Nc2cc3c(cc2[N+](=O)[O-])Nc2nc(C#N)c(C#N)nc2N3c2ccc(N(C)C)cc2)cc1. The molecule has 12 heteroatoms. The van der Waals surface area contributed by atoms with Gasteiger partial charge in [-0.1, -0.05) is 0 Å². The molecule has 0 saturated heterocycles. The zero-order valence-electron chi connectivity index (χ0n) is 22.2. The molecule has 198 valence electrons. The highest BCUT2D eigenvalue weighted by molar-refractivity contribution is 5.97. The van der Waals surface area contributed by atoms with E-state index in [-0.39, 0.29) is 34.4 Å². The van der Waals surface area contributed by atoms with Gasteiger partial charge < -0.3 is 20.4 Å². The molecule has 5 rings (SSSR count). The summed E-state index contributed by atoms with van der Waals surface area (Å²) in [5, 5.41) is 37.5. The van der Waals surface area contributed by atoms with Crippen molar-refractivity contribution in [1.82, 2.24) is 9.97 Å². The number of aromatic nitrogens is 2. The van der Waals surface area contributed by atoms with Crippen molar-refractivity contribution in [3.05, 3.63) is 82.2 Å². The summed E-state index contributed by atoms with van der Waals surface area (Å²) in [5.41, 5.74) is 4.10. The number of nitro benzene ring substituents is 1. The van der Waals surface area contributed by atoms with Crippen molar-refractivity contribution in [2.24, 2.45) is 0 Å². The summed E-state index contributed by atoms with van der Waals surface area (Å²) in [5.74, 6) is 0.491. The van der Waals surface area contributed by atoms with Crippen molar-refractivity contribution in [3.63, 3.8) is 0 Å². The van der Waals surface area contributed by atoms with Gasteiger partial charge in [-0.2, -0.15) is 10.5 Å². The normalized spacial score (nSPS) is 11.3. The van der Waals surface area contributed by atoms with Crippen LogP contribution < -0.4 is 25.3 Å². The number of hydrogen-bond donors (Lipinski definition) is 2. The summed E-state index contributed by atoms with van der Waals surface area (Å²) in [7, 11) is 7.73. The molecule has 0 unspecified atom stereocenters. The topological polar surface area (TPSA) is 150 Å². The molecule has 0 fully saturated rings. The van der Waals surface area contributed by atoms with Crippen LogP contribution in [0.3, 0.4) is 0 Å². The van der Waals surface area contributed by atoms with Crippen LogP contribution in [0.1, 0.15) is 11.4 Å². The fraction of sp³-hybridized carbons (Fsp3) is 0.143. The van der Waals surface area contributed by atoms with Crippen LogP contribution in [0, 0.1) is 32.8 Å². The van der Waals surface area contributed by atoms with E-state index in [1.807, 2.05) is 98.7 Å². The summed E-state index contributed by atoms with van der Waals surface area (Å²) < 4.78 is 0. The number of anilines is 9. The second kappa shape index (κ2) is 10.1. The minimum absolute atomic E-state index is 0.123. The summed E-state index contributed by atoms with van der Waals surface area (Å²) in [6, 6.07) is 22.0. The van der Waals surface area contributed by atoms with Crippen LogP contribution in [0.15, 0.2) is 60.7 Å². The maximum atomic E-state index is 12.1. The second-order valence-corrected chi connectivity index (χ2v) is 9.40. The number of fused-ring (bicyclic) bond motifs is 2. The zero-order chi connectivity index (χ0) is 28.6. The first-order valence-electron chi connectivity index (χ1n) is 12.1. The van der Waals surface area contributed by atoms with Gasteiger partial charge in [0.15, 0.2) is 23.0 Å². The van der Waals surface area contributed by atoms with Gasteiger partial charge in [-0.3, -0.25) is 15.0 Å². The standard InChI is InChI=1S/C28H24N10O2/c1-35(2)18-7-5-17(6-8-18)31-22-13-25-21(14-26(22)38(39)40)32-27-28(34-24(16-30)23(15-29)33-27)37(25)20-11-9-19(10-12-20)36(3)4/h5-14,31H,1-4H3,(H,32,33). The van der Waals surface area contributed by atoms with Gasteiger partial charge in [-0.05, 0) is 54.6 Å². The molecular formula is C28H24N10O2. The van der Waals surface area contributed by atoms with Gasteiger partial charge in [-0.25, -0.2) is 9.97 Å². The van der Waals surface area contributed by atoms with Crippen LogP contribution >= 0.6 is 0 Å². The first kappa shape index (κ1) is 25.8. The van der Waals surface area contributed by atoms with Crippen LogP contribution in [0.4, 0.5) is 57.1 Å². The molecule has 0 amide bonds. The maximum Gasteiger partial charge on any atom is 0.294 e. The van der Waals surface area contributed by atoms with E-state index in [9.17, 15) is 20.6 Å². The molecule has 0 spiro atoms. The van der Waals surface area contributed by atoms with Crippen molar-refractivity contribution >= 4 is 57.1 Å². The number of hydrogen-bond acceptors (Lipinski definition) is 11. The molecule has 3 aromatic carbocycles. The number of nitrogens with zero attached hydrogens (tertiary/aromatic N) is 8. The van der Waals surface area contributed by atoms with Gasteiger partial charge >= 0.3 is 0 Å². The lowest BCUT2D eigenvalue weighted by atomic mass is 10.1. The van der Waals surface area contributed by atoms with E-state index >= 15 is 0 Å². The van der Waals surface area contributed by atoms with Gasteiger partial charge in [0.25, 0.3) is 5.69 Å². The lowest BCUT2D eigenvalue weighted by Crippen LogP contribution is -2.22. The molecule has 2 heterocycles. The molecule has 12 nitrogen and oxygen atoms in total. The van der Waals surface area contributed by atoms with Crippen molar-refractivity contribution in [2.75, 3.05) is 53.5 Å². The smallest absolute Gasteiger partial charge is 0.294 e. The third-order valence-electron chi connectivity index (χ3n) is 6.39. The van der Waals surface area contributed by atoms with Crippen molar-refractivity contribution in [3.8, 4) is 12.1 Å². The third-order valence-corrected chi connectivity index (χ3v) is 6.39. The Kier molecular flexibility index (Phi) is 6.51. The Labute approximate surface area is 230 Å². The monoisotopic (exact) mass is 532 g/mol. The van der Waals surface area contributed by atoms with Gasteiger partial charge in [0.2, 0.25) is 0 Å². The molecule has 0 saturated carbocycles. The summed E-state index contributed by atoms with van der Waals surface area (Å²) in [4.78, 5) is 26.1. The summed E-state index contributed by atoms with van der Waals surface area (Å²) in [6.07, 6.45) is 0. The second-order valence-electron chi connectivity index (χ2n) is 9.40. The van der Waals surface area contributed by atoms with Gasteiger partial charge in [0.05, 0.1) is 16.3 Å². The highest BCUT2D eigenvalue weighted by Crippen LogP contribution is 2.50. The van der Waals surface area contributed by atoms with E-state index < -0.39 is 4.92 Å². The number of nitrogens with one attached hydrogen (secondary N) is 2. The Morgan fingerprint density at radius 3 is 2.02 bits per heavy atom. The van der Waals surface area contributed by atoms with Crippen molar-refractivity contribution in [2.45, 2.75) is 0 Å². The van der Waals surface area contributed by atoms with E-state index in [0.29, 0.717) is 22.7 Å². The van der Waals surface area contributed by atoms with E-state index in [1.165, 1.54) is 6.07 Å². The lowest BCUT2D eigenvalue weighted by molar-refractivity contribution is -0.383. The van der Waals surface area contributed by atoms with E-state index in [4.69, 9.17) is 0 Å². The van der Waals surface area contributed by atoms with Crippen LogP contribution in [0.2, 0.25) is 0 Å². The highest BCUT2D eigenvalue weighted by atomic mass is 16.6. The predicted octanol–water partition coefficient (Wildman–Crippen LogP) is 5.53. The summed E-state index contributed by atoms with van der Waals surface area (Å²) >= 11 is 0. The predicted molar refractivity (Wildman–Crippen MR) is 154 cm³/mol. The quantitative estimate of drug-likeness (QED) is 0.210. The molecule has 1 aliphatic rings. The average molecular weight is 533 g/mol. The van der Waals surface area contributed by atoms with Crippen molar-refractivity contribution < 1.29 is 4.92 Å². The Morgan fingerprint density at radius 1 is 0.900 bits per heavy atom. The van der Waals surface area contributed by atoms with E-state index in [2.05, 4.69) is 20.6 Å². The zero-order valence-corrected chi connectivity index (χ0v) is 22.2. The molecule has 0 radical (unpaired) electrons. The Hall–Kier alpha value is -5.88. The Bertz CT molecular complexity index is 1700. The molecule has 1 aromatic heterocycles. The summed E-state index contributed by atoms with van der Waals surface area (Å²) in [6.45, 7) is 0. The van der Waals surface area contributed by atoms with Gasteiger partial charge in [0, 0.05) is 57.0 Å². The largest absolute Gasteiger partial charge is 0.378 e. The molecule has 0 bridgehead atoms. The molecule has 1 aliphatic heterocycles. The van der Waals surface area contributed by atoms with E-state index in [1.54, 1.807) is 11.0 Å². The molecule has 2 N–H and O–H groups in total. The van der Waals surface area contributed by atoms with E-state index in [0.717, 1.165) is 11.4 Å². The lowest BCUT2D eigenvalue weighted by Gasteiger charge is -2.32. The minimum atomic E-state index is -0.463. The van der Waals surface area contributed by atoms with Crippen LogP contribution in [-0.2, 0) is 0 Å². The van der Waals surface area contributed by atoms with Crippen LogP contribution in [0.5, 0.6) is 0 Å². The molecule has 4 aromatic rings. The molecule has 0 aliphatic carbocycles. The fourth-order valence-electron chi connectivity index (χ4n) is 4.34. The molecule has 0 atom stereocenters. The van der Waals surface area contributed by atoms with Gasteiger partial charge in [-0.15, -0.1) is 0 Å². The number of nitriles is 2.